The van der Waals surface area contributed by atoms with E-state index in [1.807, 2.05) is 18.2 Å². The minimum Gasteiger partial charge on any atom is -0.354 e. The molecule has 30 heavy (non-hydrogen) atoms. The Kier molecular flexibility index (Phi) is 3.90. The van der Waals surface area contributed by atoms with Crippen molar-refractivity contribution >= 4 is 44.2 Å². The first-order valence-electron chi connectivity index (χ1n) is 10.1. The Bertz CT molecular complexity index is 1560. The summed E-state index contributed by atoms with van der Waals surface area (Å²) in [4.78, 5) is 3.68. The number of halogens is 1. The van der Waals surface area contributed by atoms with Gasteiger partial charge in [-0.1, -0.05) is 103 Å². The molecule has 0 saturated carbocycles. The van der Waals surface area contributed by atoms with Crippen LogP contribution in [0, 0.1) is 0 Å². The van der Waals surface area contributed by atoms with Gasteiger partial charge in [-0.15, -0.1) is 0 Å². The lowest BCUT2D eigenvalue weighted by Gasteiger charge is -2.14. The summed E-state index contributed by atoms with van der Waals surface area (Å²) < 4.78 is 0. The predicted molar refractivity (Wildman–Crippen MR) is 129 cm³/mol. The van der Waals surface area contributed by atoms with Gasteiger partial charge in [0.05, 0.1) is 5.52 Å². The van der Waals surface area contributed by atoms with Crippen molar-refractivity contribution in [2.75, 3.05) is 0 Å². The molecule has 0 saturated heterocycles. The standard InChI is InChI=1S/C28H18ClN/c29-25-14-5-3-11-21(25)19-9-1-2-10-20(19)23-13-7-8-18-16-17-24-22-12-4-6-15-26(22)30-28(24)27(18)23/h1-17,30H. The van der Waals surface area contributed by atoms with Gasteiger partial charge in [-0.25, -0.2) is 0 Å². The number of fused-ring (bicyclic) bond motifs is 5. The number of benzene rings is 5. The first kappa shape index (κ1) is 17.3. The highest BCUT2D eigenvalue weighted by atomic mass is 35.5. The van der Waals surface area contributed by atoms with Crippen LogP contribution in [0.5, 0.6) is 0 Å². The van der Waals surface area contributed by atoms with Gasteiger partial charge in [-0.2, -0.15) is 0 Å². The van der Waals surface area contributed by atoms with E-state index in [0.29, 0.717) is 0 Å². The molecule has 0 radical (unpaired) electrons. The summed E-state index contributed by atoms with van der Waals surface area (Å²) in [5, 5.41) is 5.73. The lowest BCUT2D eigenvalue weighted by molar-refractivity contribution is 1.56. The number of nitrogens with one attached hydrogen (secondary N) is 1. The minimum absolute atomic E-state index is 0.765. The van der Waals surface area contributed by atoms with Crippen LogP contribution in [0.25, 0.3) is 54.8 Å². The van der Waals surface area contributed by atoms with Gasteiger partial charge in [0.1, 0.15) is 0 Å². The zero-order chi connectivity index (χ0) is 20.1. The van der Waals surface area contributed by atoms with E-state index in [4.69, 9.17) is 11.6 Å². The van der Waals surface area contributed by atoms with Gasteiger partial charge in [0.15, 0.2) is 0 Å². The Morgan fingerprint density at radius 3 is 2.00 bits per heavy atom. The van der Waals surface area contributed by atoms with E-state index in [1.165, 1.54) is 38.2 Å². The van der Waals surface area contributed by atoms with Crippen LogP contribution in [0.1, 0.15) is 0 Å². The number of para-hydroxylation sites is 1. The van der Waals surface area contributed by atoms with Crippen molar-refractivity contribution < 1.29 is 0 Å². The average molecular weight is 404 g/mol. The minimum atomic E-state index is 0.765. The van der Waals surface area contributed by atoms with Crippen molar-refractivity contribution in [3.8, 4) is 22.3 Å². The number of rotatable bonds is 2. The topological polar surface area (TPSA) is 15.8 Å². The summed E-state index contributed by atoms with van der Waals surface area (Å²) >= 11 is 6.58. The molecular formula is C28H18ClN. The molecule has 1 N–H and O–H groups in total. The van der Waals surface area contributed by atoms with Gasteiger partial charge in [-0.05, 0) is 34.2 Å². The maximum absolute atomic E-state index is 6.58. The summed E-state index contributed by atoms with van der Waals surface area (Å²) in [6.07, 6.45) is 0. The van der Waals surface area contributed by atoms with Gasteiger partial charge in [0, 0.05) is 32.3 Å². The third kappa shape index (κ3) is 2.56. The monoisotopic (exact) mass is 403 g/mol. The second-order valence-electron chi connectivity index (χ2n) is 7.59. The van der Waals surface area contributed by atoms with Gasteiger partial charge < -0.3 is 4.98 Å². The number of hydrogen-bond acceptors (Lipinski definition) is 0. The van der Waals surface area contributed by atoms with E-state index < -0.39 is 0 Å². The van der Waals surface area contributed by atoms with E-state index in [9.17, 15) is 0 Å². The van der Waals surface area contributed by atoms with Crippen molar-refractivity contribution in [3.05, 3.63) is 108 Å². The molecule has 6 rings (SSSR count). The summed E-state index contributed by atoms with van der Waals surface area (Å²) in [6.45, 7) is 0. The van der Waals surface area contributed by atoms with Gasteiger partial charge in [0.2, 0.25) is 0 Å². The Morgan fingerprint density at radius 1 is 0.500 bits per heavy atom. The van der Waals surface area contributed by atoms with Crippen LogP contribution in [0.2, 0.25) is 5.02 Å². The first-order valence-corrected chi connectivity index (χ1v) is 10.5. The zero-order valence-electron chi connectivity index (χ0n) is 16.2. The summed E-state index contributed by atoms with van der Waals surface area (Å²) in [7, 11) is 0. The molecule has 1 nitrogen and oxygen atoms in total. The Balaban J connectivity index is 1.74. The van der Waals surface area contributed by atoms with Crippen LogP contribution in [0.4, 0.5) is 0 Å². The first-order chi connectivity index (χ1) is 14.8. The fourth-order valence-electron chi connectivity index (χ4n) is 4.55. The van der Waals surface area contributed by atoms with Crippen molar-refractivity contribution in [1.29, 1.82) is 0 Å². The highest BCUT2D eigenvalue weighted by Crippen LogP contribution is 2.41. The van der Waals surface area contributed by atoms with E-state index in [-0.39, 0.29) is 0 Å². The molecule has 1 heterocycles. The van der Waals surface area contributed by atoms with E-state index in [1.54, 1.807) is 0 Å². The summed E-state index contributed by atoms with van der Waals surface area (Å²) in [5.41, 5.74) is 6.93. The molecule has 0 fully saturated rings. The number of aromatic nitrogens is 1. The molecule has 0 amide bonds. The lowest BCUT2D eigenvalue weighted by Crippen LogP contribution is -1.88. The number of H-pyrrole nitrogens is 1. The molecule has 6 aromatic rings. The van der Waals surface area contributed by atoms with Crippen molar-refractivity contribution in [1.82, 2.24) is 4.98 Å². The van der Waals surface area contributed by atoms with Crippen LogP contribution >= 0.6 is 11.6 Å². The molecule has 0 spiro atoms. The smallest absolute Gasteiger partial charge is 0.0550 e. The Morgan fingerprint density at radius 2 is 1.17 bits per heavy atom. The molecular weight excluding hydrogens is 386 g/mol. The van der Waals surface area contributed by atoms with Gasteiger partial charge >= 0.3 is 0 Å². The number of hydrogen-bond donors (Lipinski definition) is 1. The van der Waals surface area contributed by atoms with Gasteiger partial charge in [-0.3, -0.25) is 0 Å². The fraction of sp³-hybridized carbons (Fsp3) is 0. The quantitative estimate of drug-likeness (QED) is 0.298. The zero-order valence-corrected chi connectivity index (χ0v) is 16.9. The second kappa shape index (κ2) is 6.76. The summed E-state index contributed by atoms with van der Waals surface area (Å²) in [5.74, 6) is 0. The maximum Gasteiger partial charge on any atom is 0.0550 e. The van der Waals surface area contributed by atoms with Crippen LogP contribution in [-0.4, -0.2) is 4.98 Å². The molecule has 0 aliphatic carbocycles. The number of aromatic amines is 1. The van der Waals surface area contributed by atoms with Crippen LogP contribution in [0.3, 0.4) is 0 Å². The predicted octanol–water partition coefficient (Wildman–Crippen LogP) is 8.46. The highest BCUT2D eigenvalue weighted by molar-refractivity contribution is 6.33. The second-order valence-corrected chi connectivity index (χ2v) is 8.00. The average Bonchev–Trinajstić information content (AvgIpc) is 3.18. The molecule has 0 unspecified atom stereocenters. The van der Waals surface area contributed by atoms with E-state index in [2.05, 4.69) is 89.9 Å². The molecule has 0 aliphatic heterocycles. The van der Waals surface area contributed by atoms with Gasteiger partial charge in [0.25, 0.3) is 0 Å². The van der Waals surface area contributed by atoms with Crippen molar-refractivity contribution in [2.45, 2.75) is 0 Å². The SMILES string of the molecule is Clc1ccccc1-c1ccccc1-c1cccc2ccc3c4ccccc4[nH]c3c12. The van der Waals surface area contributed by atoms with Crippen LogP contribution in [-0.2, 0) is 0 Å². The highest BCUT2D eigenvalue weighted by Gasteiger charge is 2.15. The van der Waals surface area contributed by atoms with Crippen molar-refractivity contribution in [3.63, 3.8) is 0 Å². The third-order valence-corrected chi connectivity index (χ3v) is 6.23. The molecule has 0 bridgehead atoms. The molecule has 0 aliphatic rings. The fourth-order valence-corrected chi connectivity index (χ4v) is 4.79. The van der Waals surface area contributed by atoms with E-state index in [0.717, 1.165) is 21.7 Å². The molecule has 142 valence electrons. The summed E-state index contributed by atoms with van der Waals surface area (Å²) in [6, 6.07) is 36.0. The molecule has 0 atom stereocenters. The van der Waals surface area contributed by atoms with Crippen LogP contribution in [0.15, 0.2) is 103 Å². The largest absolute Gasteiger partial charge is 0.354 e. The van der Waals surface area contributed by atoms with Crippen LogP contribution < -0.4 is 0 Å². The van der Waals surface area contributed by atoms with Crippen molar-refractivity contribution in [2.24, 2.45) is 0 Å². The lowest BCUT2D eigenvalue weighted by atomic mass is 9.90. The molecule has 5 aromatic carbocycles. The molecule has 2 heteroatoms. The maximum atomic E-state index is 6.58. The third-order valence-electron chi connectivity index (χ3n) is 5.90. The molecule has 1 aromatic heterocycles. The van der Waals surface area contributed by atoms with E-state index >= 15 is 0 Å². The normalized spacial score (nSPS) is 11.5. The Hall–Kier alpha value is -3.55. The Labute approximate surface area is 179 Å².